The van der Waals surface area contributed by atoms with Crippen molar-refractivity contribution in [2.45, 2.75) is 6.54 Å². The van der Waals surface area contributed by atoms with E-state index in [0.29, 0.717) is 17.9 Å². The van der Waals surface area contributed by atoms with E-state index in [1.807, 2.05) is 48.5 Å². The number of para-hydroxylation sites is 3. The summed E-state index contributed by atoms with van der Waals surface area (Å²) in [6.45, 7) is 0.764. The van der Waals surface area contributed by atoms with Crippen LogP contribution in [0.2, 0.25) is 0 Å². The predicted molar refractivity (Wildman–Crippen MR) is 96.8 cm³/mol. The molecule has 1 aromatic heterocycles. The molecule has 1 aliphatic heterocycles. The standard InChI is InChI=1S/C19H18N4O2/c1-25-16-9-5-2-6-12(16)10-23-11-15(24)17(18(23)20)19-21-13-7-3-4-8-14(13)22-19/h2-9,20,24H,10-11H2,1H3,(H,21,22). The summed E-state index contributed by atoms with van der Waals surface area (Å²) in [6.07, 6.45) is 0. The fourth-order valence-corrected chi connectivity index (χ4v) is 3.13. The summed E-state index contributed by atoms with van der Waals surface area (Å²) in [6, 6.07) is 15.4. The van der Waals surface area contributed by atoms with Gasteiger partial charge in [0.25, 0.3) is 0 Å². The number of amidine groups is 1. The SMILES string of the molecule is COc1ccccc1CN1CC(O)=C(c2nc3ccccc3[nH]2)C1=N. The van der Waals surface area contributed by atoms with Crippen LogP contribution in [0.15, 0.2) is 54.3 Å². The number of aromatic amines is 1. The number of nitrogens with zero attached hydrogens (tertiary/aromatic N) is 2. The third kappa shape index (κ3) is 2.61. The Hall–Kier alpha value is -3.28. The highest BCUT2D eigenvalue weighted by molar-refractivity contribution is 6.23. The van der Waals surface area contributed by atoms with E-state index in [0.717, 1.165) is 22.3 Å². The number of aliphatic hydroxyl groups excluding tert-OH is 1. The predicted octanol–water partition coefficient (Wildman–Crippen LogP) is 3.33. The van der Waals surface area contributed by atoms with Crippen molar-refractivity contribution >= 4 is 22.4 Å². The molecule has 0 aliphatic carbocycles. The number of hydrogen-bond donors (Lipinski definition) is 3. The van der Waals surface area contributed by atoms with E-state index in [2.05, 4.69) is 9.97 Å². The molecule has 0 atom stereocenters. The van der Waals surface area contributed by atoms with Crippen molar-refractivity contribution in [2.75, 3.05) is 13.7 Å². The van der Waals surface area contributed by atoms with Gasteiger partial charge in [-0.3, -0.25) is 5.41 Å². The first-order chi connectivity index (χ1) is 12.2. The Morgan fingerprint density at radius 3 is 2.76 bits per heavy atom. The van der Waals surface area contributed by atoms with Crippen LogP contribution in [0.4, 0.5) is 0 Å². The molecule has 0 radical (unpaired) electrons. The molecule has 2 aromatic carbocycles. The second kappa shape index (κ2) is 5.98. The zero-order valence-electron chi connectivity index (χ0n) is 13.8. The molecule has 126 valence electrons. The van der Waals surface area contributed by atoms with Crippen LogP contribution in [0.25, 0.3) is 16.6 Å². The maximum absolute atomic E-state index is 10.4. The number of aliphatic hydroxyl groups is 1. The first-order valence-corrected chi connectivity index (χ1v) is 8.00. The van der Waals surface area contributed by atoms with Gasteiger partial charge in [0, 0.05) is 12.1 Å². The van der Waals surface area contributed by atoms with Crippen LogP contribution < -0.4 is 4.74 Å². The molecular formula is C19H18N4O2. The van der Waals surface area contributed by atoms with E-state index >= 15 is 0 Å². The van der Waals surface area contributed by atoms with Crippen molar-refractivity contribution in [1.29, 1.82) is 5.41 Å². The van der Waals surface area contributed by atoms with Gasteiger partial charge in [-0.25, -0.2) is 4.98 Å². The average Bonchev–Trinajstić information content (AvgIpc) is 3.16. The van der Waals surface area contributed by atoms with Crippen molar-refractivity contribution in [3.05, 3.63) is 65.7 Å². The molecule has 0 bridgehead atoms. The van der Waals surface area contributed by atoms with E-state index in [1.54, 1.807) is 12.0 Å². The molecule has 2 heterocycles. The van der Waals surface area contributed by atoms with Gasteiger partial charge < -0.3 is 19.7 Å². The van der Waals surface area contributed by atoms with Gasteiger partial charge in [-0.05, 0) is 18.2 Å². The summed E-state index contributed by atoms with van der Waals surface area (Å²) in [5.74, 6) is 1.69. The molecule has 0 amide bonds. The molecule has 0 fully saturated rings. The summed E-state index contributed by atoms with van der Waals surface area (Å²) in [4.78, 5) is 9.49. The van der Waals surface area contributed by atoms with E-state index in [9.17, 15) is 5.11 Å². The molecule has 6 nitrogen and oxygen atoms in total. The molecular weight excluding hydrogens is 316 g/mol. The minimum Gasteiger partial charge on any atom is -0.510 e. The highest BCUT2D eigenvalue weighted by Gasteiger charge is 2.30. The molecule has 25 heavy (non-hydrogen) atoms. The van der Waals surface area contributed by atoms with Crippen LogP contribution >= 0.6 is 0 Å². The zero-order valence-corrected chi connectivity index (χ0v) is 13.8. The fraction of sp³-hybridized carbons (Fsp3) is 0.158. The molecule has 6 heteroatoms. The first kappa shape index (κ1) is 15.3. The van der Waals surface area contributed by atoms with Gasteiger partial charge in [-0.15, -0.1) is 0 Å². The highest BCUT2D eigenvalue weighted by Crippen LogP contribution is 2.29. The molecule has 3 N–H and O–H groups in total. The molecule has 1 aliphatic rings. The Kier molecular flexibility index (Phi) is 3.65. The number of nitrogens with one attached hydrogen (secondary N) is 2. The Balaban J connectivity index is 1.63. The van der Waals surface area contributed by atoms with Gasteiger partial charge >= 0.3 is 0 Å². The largest absolute Gasteiger partial charge is 0.510 e. The second-order valence-corrected chi connectivity index (χ2v) is 5.94. The van der Waals surface area contributed by atoms with Gasteiger partial charge in [0.05, 0.1) is 30.3 Å². The maximum atomic E-state index is 10.4. The Morgan fingerprint density at radius 2 is 1.96 bits per heavy atom. The molecule has 0 unspecified atom stereocenters. The van der Waals surface area contributed by atoms with E-state index in [4.69, 9.17) is 10.1 Å². The minimum atomic E-state index is 0.152. The van der Waals surface area contributed by atoms with Crippen LogP contribution in [0.5, 0.6) is 5.75 Å². The fourth-order valence-electron chi connectivity index (χ4n) is 3.13. The zero-order chi connectivity index (χ0) is 17.4. The van der Waals surface area contributed by atoms with E-state index in [1.165, 1.54) is 0 Å². The first-order valence-electron chi connectivity index (χ1n) is 8.00. The van der Waals surface area contributed by atoms with Crippen LogP contribution in [-0.2, 0) is 6.54 Å². The van der Waals surface area contributed by atoms with Crippen molar-refractivity contribution < 1.29 is 9.84 Å². The van der Waals surface area contributed by atoms with Crippen LogP contribution in [0.1, 0.15) is 11.4 Å². The Labute approximate surface area is 144 Å². The van der Waals surface area contributed by atoms with E-state index in [-0.39, 0.29) is 18.1 Å². The number of H-pyrrole nitrogens is 1. The molecule has 0 saturated carbocycles. The number of benzene rings is 2. The van der Waals surface area contributed by atoms with Crippen molar-refractivity contribution in [2.24, 2.45) is 0 Å². The number of fused-ring (bicyclic) bond motifs is 1. The van der Waals surface area contributed by atoms with Gasteiger partial charge in [-0.2, -0.15) is 0 Å². The topological polar surface area (TPSA) is 85.2 Å². The number of ether oxygens (including phenoxy) is 1. The summed E-state index contributed by atoms with van der Waals surface area (Å²) in [5, 5.41) is 18.9. The van der Waals surface area contributed by atoms with Crippen LogP contribution in [-0.4, -0.2) is 39.5 Å². The average molecular weight is 334 g/mol. The molecule has 0 saturated heterocycles. The second-order valence-electron chi connectivity index (χ2n) is 5.94. The molecule has 4 rings (SSSR count). The normalized spacial score (nSPS) is 14.6. The van der Waals surface area contributed by atoms with Gasteiger partial charge in [-0.1, -0.05) is 30.3 Å². The Morgan fingerprint density at radius 1 is 1.20 bits per heavy atom. The summed E-state index contributed by atoms with van der Waals surface area (Å²) >= 11 is 0. The quantitative estimate of drug-likeness (QED) is 0.683. The van der Waals surface area contributed by atoms with Crippen molar-refractivity contribution in [3.63, 3.8) is 0 Å². The number of aromatic nitrogens is 2. The third-order valence-corrected chi connectivity index (χ3v) is 4.36. The lowest BCUT2D eigenvalue weighted by molar-refractivity contribution is 0.341. The van der Waals surface area contributed by atoms with E-state index < -0.39 is 0 Å². The third-order valence-electron chi connectivity index (χ3n) is 4.36. The van der Waals surface area contributed by atoms with Crippen molar-refractivity contribution in [3.8, 4) is 5.75 Å². The number of imidazole rings is 1. The van der Waals surface area contributed by atoms with Crippen molar-refractivity contribution in [1.82, 2.24) is 14.9 Å². The molecule has 3 aromatic rings. The monoisotopic (exact) mass is 334 g/mol. The molecule has 0 spiro atoms. The lowest BCUT2D eigenvalue weighted by Gasteiger charge is -2.20. The summed E-state index contributed by atoms with van der Waals surface area (Å²) < 4.78 is 5.38. The van der Waals surface area contributed by atoms with Crippen LogP contribution in [0, 0.1) is 5.41 Å². The number of hydrogen-bond acceptors (Lipinski definition) is 4. The van der Waals surface area contributed by atoms with Gasteiger partial charge in [0.1, 0.15) is 23.2 Å². The summed E-state index contributed by atoms with van der Waals surface area (Å²) in [7, 11) is 1.63. The van der Waals surface area contributed by atoms with Crippen LogP contribution in [0.3, 0.4) is 0 Å². The summed E-state index contributed by atoms with van der Waals surface area (Å²) in [5.41, 5.74) is 3.11. The Bertz CT molecular complexity index is 957. The van der Waals surface area contributed by atoms with Gasteiger partial charge in [0.2, 0.25) is 0 Å². The number of rotatable bonds is 4. The minimum absolute atomic E-state index is 0.152. The highest BCUT2D eigenvalue weighted by atomic mass is 16.5. The van der Waals surface area contributed by atoms with Gasteiger partial charge in [0.15, 0.2) is 0 Å². The smallest absolute Gasteiger partial charge is 0.145 e. The lowest BCUT2D eigenvalue weighted by atomic mass is 10.2. The maximum Gasteiger partial charge on any atom is 0.145 e. The number of methoxy groups -OCH3 is 1. The lowest BCUT2D eigenvalue weighted by Crippen LogP contribution is -2.26.